The highest BCUT2D eigenvalue weighted by Crippen LogP contribution is 2.44. The van der Waals surface area contributed by atoms with E-state index in [9.17, 15) is 9.90 Å². The third kappa shape index (κ3) is 2.18. The number of benzene rings is 1. The van der Waals surface area contributed by atoms with Gasteiger partial charge in [0.2, 0.25) is 0 Å². The molecule has 1 aromatic carbocycles. The molecule has 3 N–H and O–H groups in total. The molecule has 0 aliphatic heterocycles. The van der Waals surface area contributed by atoms with E-state index in [1.54, 1.807) is 6.20 Å². The Morgan fingerprint density at radius 1 is 1.36 bits per heavy atom. The summed E-state index contributed by atoms with van der Waals surface area (Å²) in [5, 5.41) is 13.5. The minimum Gasteiger partial charge on any atom is -0.384 e. The van der Waals surface area contributed by atoms with Crippen LogP contribution in [0.5, 0.6) is 0 Å². The van der Waals surface area contributed by atoms with Crippen molar-refractivity contribution in [2.75, 3.05) is 5.32 Å². The van der Waals surface area contributed by atoms with Crippen molar-refractivity contribution in [3.05, 3.63) is 41.2 Å². The highest BCUT2D eigenvalue weighted by Gasteiger charge is 2.38. The summed E-state index contributed by atoms with van der Waals surface area (Å²) >= 11 is 1.31. The first-order valence-corrected chi connectivity index (χ1v) is 7.90. The molecule has 112 valence electrons. The van der Waals surface area contributed by atoms with Gasteiger partial charge in [0.25, 0.3) is 5.91 Å². The lowest BCUT2D eigenvalue weighted by atomic mass is 9.79. The van der Waals surface area contributed by atoms with Gasteiger partial charge in [0.1, 0.15) is 5.60 Å². The Labute approximate surface area is 130 Å². The van der Waals surface area contributed by atoms with E-state index in [-0.39, 0.29) is 11.7 Å². The van der Waals surface area contributed by atoms with E-state index in [0.29, 0.717) is 5.13 Å². The van der Waals surface area contributed by atoms with Gasteiger partial charge in [-0.15, -0.1) is 0 Å². The lowest BCUT2D eigenvalue weighted by Gasteiger charge is -2.35. The maximum absolute atomic E-state index is 12.2. The number of thiazole rings is 1. The molecular formula is C15H14N4O2S. The number of hydrogen-bond donors (Lipinski definition) is 3. The zero-order valence-corrected chi connectivity index (χ0v) is 12.5. The first kappa shape index (κ1) is 13.4. The topological polar surface area (TPSA) is 90.9 Å². The van der Waals surface area contributed by atoms with Crippen LogP contribution >= 0.6 is 11.3 Å². The first-order valence-electron chi connectivity index (χ1n) is 7.09. The monoisotopic (exact) mass is 314 g/mol. The molecule has 1 aliphatic carbocycles. The SMILES string of the molecule is O=C(Nc1ncc(C2(O)CCC2)s1)c1nc2ccccc2[nH]1. The average Bonchev–Trinajstić information content (AvgIpc) is 3.11. The second-order valence-corrected chi connectivity index (χ2v) is 6.50. The number of nitrogens with zero attached hydrogens (tertiary/aromatic N) is 2. The van der Waals surface area contributed by atoms with Crippen molar-refractivity contribution in [3.63, 3.8) is 0 Å². The van der Waals surface area contributed by atoms with Gasteiger partial charge in [-0.25, -0.2) is 9.97 Å². The van der Waals surface area contributed by atoms with Crippen LogP contribution in [-0.2, 0) is 5.60 Å². The van der Waals surface area contributed by atoms with Crippen LogP contribution in [0.15, 0.2) is 30.5 Å². The maximum atomic E-state index is 12.2. The van der Waals surface area contributed by atoms with Crippen LogP contribution in [-0.4, -0.2) is 26.0 Å². The van der Waals surface area contributed by atoms with Gasteiger partial charge in [-0.05, 0) is 31.4 Å². The lowest BCUT2D eigenvalue weighted by Crippen LogP contribution is -2.32. The molecule has 0 unspecified atom stereocenters. The van der Waals surface area contributed by atoms with Crippen LogP contribution in [0.4, 0.5) is 5.13 Å². The standard InChI is InChI=1S/C15H14N4O2S/c20-13(12-17-9-4-1-2-5-10(9)18-12)19-14-16-8-11(22-14)15(21)6-3-7-15/h1-2,4-5,8,21H,3,6-7H2,(H,17,18)(H,16,19,20). The molecule has 0 saturated heterocycles. The van der Waals surface area contributed by atoms with Gasteiger partial charge < -0.3 is 10.1 Å². The number of nitrogens with one attached hydrogen (secondary N) is 2. The van der Waals surface area contributed by atoms with Crippen molar-refractivity contribution in [3.8, 4) is 0 Å². The van der Waals surface area contributed by atoms with Gasteiger partial charge in [-0.2, -0.15) is 0 Å². The summed E-state index contributed by atoms with van der Waals surface area (Å²) in [6.45, 7) is 0. The van der Waals surface area contributed by atoms with Gasteiger partial charge in [0, 0.05) is 6.20 Å². The van der Waals surface area contributed by atoms with E-state index < -0.39 is 5.60 Å². The second-order valence-electron chi connectivity index (χ2n) is 5.47. The van der Waals surface area contributed by atoms with Crippen molar-refractivity contribution >= 4 is 33.4 Å². The predicted octanol–water partition coefficient (Wildman–Crippen LogP) is 2.64. The normalized spacial score (nSPS) is 16.4. The fourth-order valence-corrected chi connectivity index (χ4v) is 3.48. The minimum atomic E-state index is -0.750. The number of aromatic nitrogens is 3. The molecule has 1 fully saturated rings. The highest BCUT2D eigenvalue weighted by atomic mass is 32.1. The number of carbonyl (C=O) groups excluding carboxylic acids is 1. The molecule has 1 aliphatic rings. The number of aromatic amines is 1. The van der Waals surface area contributed by atoms with E-state index in [1.807, 2.05) is 24.3 Å². The molecule has 1 saturated carbocycles. The van der Waals surface area contributed by atoms with Crippen LogP contribution in [0.1, 0.15) is 34.8 Å². The van der Waals surface area contributed by atoms with Gasteiger partial charge in [0.05, 0.1) is 15.9 Å². The van der Waals surface area contributed by atoms with Crippen molar-refractivity contribution in [2.24, 2.45) is 0 Å². The number of hydrogen-bond acceptors (Lipinski definition) is 5. The van der Waals surface area contributed by atoms with E-state index >= 15 is 0 Å². The molecule has 22 heavy (non-hydrogen) atoms. The number of amides is 1. The van der Waals surface area contributed by atoms with Crippen LogP contribution in [0.3, 0.4) is 0 Å². The van der Waals surface area contributed by atoms with Gasteiger partial charge >= 0.3 is 0 Å². The summed E-state index contributed by atoms with van der Waals surface area (Å²) in [5.41, 5.74) is 0.813. The minimum absolute atomic E-state index is 0.250. The van der Waals surface area contributed by atoms with E-state index in [1.165, 1.54) is 11.3 Å². The number of H-pyrrole nitrogens is 1. The Hall–Kier alpha value is -2.25. The maximum Gasteiger partial charge on any atom is 0.293 e. The summed E-state index contributed by atoms with van der Waals surface area (Å²) in [6.07, 6.45) is 4.17. The van der Waals surface area contributed by atoms with Gasteiger partial charge in [-0.1, -0.05) is 23.5 Å². The quantitative estimate of drug-likeness (QED) is 0.693. The third-order valence-electron chi connectivity index (χ3n) is 3.97. The molecule has 2 heterocycles. The molecule has 6 nitrogen and oxygen atoms in total. The van der Waals surface area contributed by atoms with Crippen molar-refractivity contribution in [1.82, 2.24) is 15.0 Å². The number of anilines is 1. The third-order valence-corrected chi connectivity index (χ3v) is 5.08. The summed E-state index contributed by atoms with van der Waals surface area (Å²) < 4.78 is 0. The molecule has 0 radical (unpaired) electrons. The van der Waals surface area contributed by atoms with Gasteiger partial charge in [0.15, 0.2) is 11.0 Å². The first-order chi connectivity index (χ1) is 10.6. The Morgan fingerprint density at radius 2 is 2.18 bits per heavy atom. The second kappa shape index (κ2) is 4.89. The van der Waals surface area contributed by atoms with E-state index in [2.05, 4.69) is 20.3 Å². The molecule has 0 spiro atoms. The van der Waals surface area contributed by atoms with Crippen molar-refractivity contribution in [2.45, 2.75) is 24.9 Å². The molecule has 2 aromatic heterocycles. The Balaban J connectivity index is 1.54. The highest BCUT2D eigenvalue weighted by molar-refractivity contribution is 7.15. The summed E-state index contributed by atoms with van der Waals surface area (Å²) in [5.74, 6) is -0.0852. The van der Waals surface area contributed by atoms with E-state index in [4.69, 9.17) is 0 Å². The number of aliphatic hydroxyl groups is 1. The van der Waals surface area contributed by atoms with Crippen LogP contribution in [0.2, 0.25) is 0 Å². The number of fused-ring (bicyclic) bond motifs is 1. The fourth-order valence-electron chi connectivity index (χ4n) is 2.52. The number of para-hydroxylation sites is 2. The summed E-state index contributed by atoms with van der Waals surface area (Å²) in [4.78, 5) is 24.4. The van der Waals surface area contributed by atoms with Crippen molar-refractivity contribution < 1.29 is 9.90 Å². The molecule has 0 bridgehead atoms. The zero-order chi connectivity index (χ0) is 15.2. The van der Waals surface area contributed by atoms with Crippen LogP contribution < -0.4 is 5.32 Å². The number of rotatable bonds is 3. The molecule has 1 amide bonds. The van der Waals surface area contributed by atoms with Crippen molar-refractivity contribution in [1.29, 1.82) is 0 Å². The van der Waals surface area contributed by atoms with Crippen LogP contribution in [0.25, 0.3) is 11.0 Å². The molecule has 7 heteroatoms. The zero-order valence-electron chi connectivity index (χ0n) is 11.7. The fraction of sp³-hybridized carbons (Fsp3) is 0.267. The summed E-state index contributed by atoms with van der Waals surface area (Å²) in [7, 11) is 0. The smallest absolute Gasteiger partial charge is 0.293 e. The van der Waals surface area contributed by atoms with Gasteiger partial charge in [-0.3, -0.25) is 10.1 Å². The summed E-state index contributed by atoms with van der Waals surface area (Å²) in [6, 6.07) is 7.47. The van der Waals surface area contributed by atoms with Crippen LogP contribution in [0, 0.1) is 0 Å². The Bertz CT molecular complexity index is 817. The Morgan fingerprint density at radius 3 is 2.91 bits per heavy atom. The van der Waals surface area contributed by atoms with E-state index in [0.717, 1.165) is 35.2 Å². The molecular weight excluding hydrogens is 300 g/mol. The molecule has 3 aromatic rings. The Kier molecular flexibility index (Phi) is 2.98. The molecule has 0 atom stereocenters. The molecule has 4 rings (SSSR count). The number of imidazole rings is 1. The lowest BCUT2D eigenvalue weighted by molar-refractivity contribution is -0.0356. The predicted molar refractivity (Wildman–Crippen MR) is 83.9 cm³/mol. The largest absolute Gasteiger partial charge is 0.384 e. The average molecular weight is 314 g/mol. The number of carbonyl (C=O) groups is 1.